The van der Waals surface area contributed by atoms with E-state index in [-0.39, 0.29) is 17.1 Å². The van der Waals surface area contributed by atoms with Crippen LogP contribution in [0.15, 0.2) is 35.1 Å². The Hall–Kier alpha value is -2.46. The smallest absolute Gasteiger partial charge is 0.248 e. The molecule has 0 aromatic heterocycles. The van der Waals surface area contributed by atoms with E-state index in [0.717, 1.165) is 15.5 Å². The molecule has 0 radical (unpaired) electrons. The number of sulfonamides is 1. The van der Waals surface area contributed by atoms with Crippen LogP contribution in [0.2, 0.25) is 0 Å². The Kier molecular flexibility index (Phi) is 5.43. The number of aryl methyl sites for hydroxylation is 1. The van der Waals surface area contributed by atoms with E-state index in [9.17, 15) is 22.4 Å². The Bertz CT molecular complexity index is 836. The lowest BCUT2D eigenvalue weighted by Gasteiger charge is -2.24. The van der Waals surface area contributed by atoms with E-state index in [1.807, 2.05) is 0 Å². The number of anilines is 1. The number of hydrogen-bond acceptors (Lipinski definition) is 5. The zero-order chi connectivity index (χ0) is 18.8. The molecule has 0 saturated carbocycles. The van der Waals surface area contributed by atoms with Crippen LogP contribution in [0.3, 0.4) is 0 Å². The van der Waals surface area contributed by atoms with Gasteiger partial charge in [-0.3, -0.25) is 9.59 Å². The van der Waals surface area contributed by atoms with Gasteiger partial charge in [0.05, 0.1) is 17.5 Å². The molecule has 8 nitrogen and oxygen atoms in total. The van der Waals surface area contributed by atoms with Gasteiger partial charge in [0.25, 0.3) is 0 Å². The third kappa shape index (κ3) is 4.34. The van der Waals surface area contributed by atoms with Gasteiger partial charge >= 0.3 is 0 Å². The summed E-state index contributed by atoms with van der Waals surface area (Å²) in [5, 5.41) is 3.51. The van der Waals surface area contributed by atoms with Gasteiger partial charge in [-0.05, 0) is 24.6 Å². The summed E-state index contributed by atoms with van der Waals surface area (Å²) in [6, 6.07) is 4.49. The highest BCUT2D eigenvalue weighted by molar-refractivity contribution is 7.89. The third-order valence-electron chi connectivity index (χ3n) is 3.53. The van der Waals surface area contributed by atoms with Crippen LogP contribution in [0, 0.1) is 6.92 Å². The van der Waals surface area contributed by atoms with Crippen LogP contribution in [0.25, 0.3) is 0 Å². The Labute approximate surface area is 145 Å². The molecule has 2 rings (SSSR count). The van der Waals surface area contributed by atoms with Crippen molar-refractivity contribution in [2.45, 2.75) is 18.2 Å². The van der Waals surface area contributed by atoms with Crippen LogP contribution in [0.1, 0.15) is 12.0 Å². The number of nitrogens with zero attached hydrogens (tertiary/aromatic N) is 2. The number of nitrogens with one attached hydrogen (secondary N) is 2. The highest BCUT2D eigenvalue weighted by Gasteiger charge is 2.23. The summed E-state index contributed by atoms with van der Waals surface area (Å²) in [7, 11) is -0.818. The molecule has 1 aliphatic rings. The fourth-order valence-electron chi connectivity index (χ4n) is 2.14. The first-order valence-electron chi connectivity index (χ1n) is 7.35. The lowest BCUT2D eigenvalue weighted by atomic mass is 10.2. The number of hydrazine groups is 1. The molecule has 136 valence electrons. The van der Waals surface area contributed by atoms with Crippen molar-refractivity contribution in [1.29, 1.82) is 0 Å². The summed E-state index contributed by atoms with van der Waals surface area (Å²) in [4.78, 5) is 23.8. The first-order valence-corrected chi connectivity index (χ1v) is 8.79. The van der Waals surface area contributed by atoms with Gasteiger partial charge in [-0.1, -0.05) is 6.07 Å². The molecule has 0 aliphatic carbocycles. The lowest BCUT2D eigenvalue weighted by molar-refractivity contribution is -0.137. The zero-order valence-electron chi connectivity index (χ0n) is 14.0. The minimum Gasteiger partial charge on any atom is -0.324 e. The van der Waals surface area contributed by atoms with Crippen molar-refractivity contribution in [2.75, 3.05) is 26.0 Å². The van der Waals surface area contributed by atoms with Gasteiger partial charge in [0, 0.05) is 19.8 Å². The predicted octanol–water partition coefficient (Wildman–Crippen LogP) is 0.732. The van der Waals surface area contributed by atoms with Crippen molar-refractivity contribution in [3.8, 4) is 0 Å². The second-order valence-corrected chi connectivity index (χ2v) is 7.81. The average molecular weight is 370 g/mol. The summed E-state index contributed by atoms with van der Waals surface area (Å²) < 4.78 is 38.6. The molecule has 0 fully saturated rings. The molecule has 0 saturated heterocycles. The molecule has 1 aromatic carbocycles. The summed E-state index contributed by atoms with van der Waals surface area (Å²) in [5.74, 6) is -1.73. The van der Waals surface area contributed by atoms with Crippen molar-refractivity contribution in [1.82, 2.24) is 14.7 Å². The number of hydrogen-bond donors (Lipinski definition) is 2. The molecule has 0 atom stereocenters. The molecule has 25 heavy (non-hydrogen) atoms. The minimum absolute atomic E-state index is 0.0764. The van der Waals surface area contributed by atoms with Crippen molar-refractivity contribution < 1.29 is 22.4 Å². The fraction of sp³-hybridized carbons (Fsp3) is 0.333. The number of carbonyl (C=O) groups is 2. The lowest BCUT2D eigenvalue weighted by Crippen LogP contribution is -2.46. The molecule has 2 amide bonds. The summed E-state index contributed by atoms with van der Waals surface area (Å²) in [6.07, 6.45) is 0.596. The van der Waals surface area contributed by atoms with Crippen LogP contribution < -0.4 is 10.7 Å². The maximum atomic E-state index is 12.9. The van der Waals surface area contributed by atoms with Crippen LogP contribution in [-0.2, 0) is 19.6 Å². The standard InChI is InChI=1S/C15H19FN4O4S/c1-10-4-5-12(7-13(10)25(23,24)19(2)3)18-14(21)9-20-15(22)6-11(16)8-17-20/h4-5,7-8,17H,6,9H2,1-3H3,(H,18,21). The quantitative estimate of drug-likeness (QED) is 0.796. The summed E-state index contributed by atoms with van der Waals surface area (Å²) in [5.41, 5.74) is 3.20. The third-order valence-corrected chi connectivity index (χ3v) is 5.49. The van der Waals surface area contributed by atoms with Crippen molar-refractivity contribution in [2.24, 2.45) is 0 Å². The molecule has 0 bridgehead atoms. The van der Waals surface area contributed by atoms with Gasteiger partial charge in [-0.15, -0.1) is 0 Å². The van der Waals surface area contributed by atoms with Gasteiger partial charge in [-0.25, -0.2) is 22.1 Å². The average Bonchev–Trinajstić information content (AvgIpc) is 2.51. The molecular weight excluding hydrogens is 351 g/mol. The second-order valence-electron chi connectivity index (χ2n) is 5.69. The summed E-state index contributed by atoms with van der Waals surface area (Å²) >= 11 is 0. The SMILES string of the molecule is Cc1ccc(NC(=O)CN2NC=C(F)CC2=O)cc1S(=O)(=O)N(C)C. The molecule has 0 unspecified atom stereocenters. The van der Waals surface area contributed by atoms with Crippen LogP contribution in [0.5, 0.6) is 0 Å². The zero-order valence-corrected chi connectivity index (χ0v) is 14.9. The first-order chi connectivity index (χ1) is 11.6. The van der Waals surface area contributed by atoms with Gasteiger partial charge in [0.15, 0.2) is 0 Å². The number of benzene rings is 1. The second kappa shape index (κ2) is 7.19. The van der Waals surface area contributed by atoms with Gasteiger partial charge < -0.3 is 10.7 Å². The highest BCUT2D eigenvalue weighted by atomic mass is 32.2. The molecular formula is C15H19FN4O4S. The van der Waals surface area contributed by atoms with E-state index in [1.54, 1.807) is 19.1 Å². The van der Waals surface area contributed by atoms with Crippen LogP contribution in [-0.4, -0.2) is 50.2 Å². The van der Waals surface area contributed by atoms with E-state index < -0.39 is 34.1 Å². The maximum absolute atomic E-state index is 12.9. The number of amides is 2. The van der Waals surface area contributed by atoms with Crippen LogP contribution in [0.4, 0.5) is 10.1 Å². The van der Waals surface area contributed by atoms with E-state index in [0.29, 0.717) is 5.56 Å². The largest absolute Gasteiger partial charge is 0.324 e. The van der Waals surface area contributed by atoms with Crippen molar-refractivity contribution >= 4 is 27.5 Å². The normalized spacial score (nSPS) is 15.0. The van der Waals surface area contributed by atoms with Gasteiger partial charge in [0.2, 0.25) is 21.8 Å². The number of rotatable bonds is 5. The maximum Gasteiger partial charge on any atom is 0.248 e. The number of halogens is 1. The van der Waals surface area contributed by atoms with Gasteiger partial charge in [-0.2, -0.15) is 0 Å². The Morgan fingerprint density at radius 1 is 1.40 bits per heavy atom. The number of carbonyl (C=O) groups excluding carboxylic acids is 2. The molecule has 10 heteroatoms. The topological polar surface area (TPSA) is 98.8 Å². The van der Waals surface area contributed by atoms with Crippen molar-refractivity contribution in [3.63, 3.8) is 0 Å². The Morgan fingerprint density at radius 3 is 2.68 bits per heavy atom. The predicted molar refractivity (Wildman–Crippen MR) is 89.3 cm³/mol. The Balaban J connectivity index is 2.13. The highest BCUT2D eigenvalue weighted by Crippen LogP contribution is 2.22. The van der Waals surface area contributed by atoms with E-state index in [1.165, 1.54) is 20.2 Å². The van der Waals surface area contributed by atoms with E-state index in [2.05, 4.69) is 10.7 Å². The minimum atomic E-state index is -3.65. The Morgan fingerprint density at radius 2 is 2.08 bits per heavy atom. The van der Waals surface area contributed by atoms with E-state index >= 15 is 0 Å². The molecule has 0 spiro atoms. The van der Waals surface area contributed by atoms with Crippen LogP contribution >= 0.6 is 0 Å². The molecule has 2 N–H and O–H groups in total. The molecule has 1 aliphatic heterocycles. The first kappa shape index (κ1) is 18.9. The molecule has 1 aromatic rings. The fourth-order valence-corrected chi connectivity index (χ4v) is 3.29. The van der Waals surface area contributed by atoms with Crippen molar-refractivity contribution in [3.05, 3.63) is 35.8 Å². The van der Waals surface area contributed by atoms with Gasteiger partial charge in [0.1, 0.15) is 12.4 Å². The van der Waals surface area contributed by atoms with E-state index in [4.69, 9.17) is 0 Å². The summed E-state index contributed by atoms with van der Waals surface area (Å²) in [6.45, 7) is 1.31. The monoisotopic (exact) mass is 370 g/mol. The molecule has 1 heterocycles.